The van der Waals surface area contributed by atoms with Crippen LogP contribution in [0.1, 0.15) is 20.8 Å². The quantitative estimate of drug-likeness (QED) is 0.621. The molecule has 0 aliphatic carbocycles. The van der Waals surface area contributed by atoms with Crippen LogP contribution in [0.2, 0.25) is 0 Å². The third kappa shape index (κ3) is 4.21. The van der Waals surface area contributed by atoms with Gasteiger partial charge in [0.2, 0.25) is 0 Å². The summed E-state index contributed by atoms with van der Waals surface area (Å²) < 4.78 is 0. The highest BCUT2D eigenvalue weighted by Gasteiger charge is 2.11. The van der Waals surface area contributed by atoms with Crippen LogP contribution < -0.4 is 16.2 Å². The van der Waals surface area contributed by atoms with E-state index in [1.807, 2.05) is 18.2 Å². The molecule has 7 heteroatoms. The highest BCUT2D eigenvalue weighted by molar-refractivity contribution is 5.98. The first-order valence-corrected chi connectivity index (χ1v) is 7.92. The van der Waals surface area contributed by atoms with Gasteiger partial charge in [0.05, 0.1) is 12.1 Å². The van der Waals surface area contributed by atoms with E-state index in [1.54, 1.807) is 48.5 Å². The molecule has 3 rings (SSSR count). The van der Waals surface area contributed by atoms with Crippen molar-refractivity contribution in [3.05, 3.63) is 78.0 Å². The van der Waals surface area contributed by atoms with Crippen LogP contribution in [0.15, 0.2) is 66.7 Å². The molecule has 3 amide bonds. The number of rotatable bonds is 4. The van der Waals surface area contributed by atoms with Gasteiger partial charge in [0.25, 0.3) is 17.7 Å². The number of para-hydroxylation sites is 1. The summed E-state index contributed by atoms with van der Waals surface area (Å²) in [5.41, 5.74) is 5.83. The van der Waals surface area contributed by atoms with Crippen LogP contribution in [0, 0.1) is 0 Å². The lowest BCUT2D eigenvalue weighted by atomic mass is 10.2. The Hall–Kier alpha value is -3.74. The molecule has 0 saturated carbocycles. The van der Waals surface area contributed by atoms with Crippen LogP contribution in [-0.2, 0) is 4.79 Å². The second-order valence-corrected chi connectivity index (χ2v) is 5.44. The predicted molar refractivity (Wildman–Crippen MR) is 96.1 cm³/mol. The van der Waals surface area contributed by atoms with Gasteiger partial charge in [0.15, 0.2) is 0 Å². The van der Waals surface area contributed by atoms with Crippen molar-refractivity contribution in [2.75, 3.05) is 6.54 Å². The number of fused-ring (bicyclic) bond motifs is 1. The number of hydrazine groups is 1. The second-order valence-electron chi connectivity index (χ2n) is 5.44. The number of aromatic nitrogens is 1. The molecule has 3 aromatic rings. The van der Waals surface area contributed by atoms with Crippen LogP contribution >= 0.6 is 0 Å². The van der Waals surface area contributed by atoms with Crippen LogP contribution in [0.25, 0.3) is 10.9 Å². The van der Waals surface area contributed by atoms with Crippen molar-refractivity contribution < 1.29 is 14.4 Å². The molecule has 0 radical (unpaired) electrons. The highest BCUT2D eigenvalue weighted by Crippen LogP contribution is 2.11. The molecule has 0 fully saturated rings. The minimum Gasteiger partial charge on any atom is -0.343 e. The minimum atomic E-state index is -0.552. The van der Waals surface area contributed by atoms with Gasteiger partial charge in [0, 0.05) is 10.9 Å². The van der Waals surface area contributed by atoms with Crippen molar-refractivity contribution in [3.8, 4) is 0 Å². The molecule has 0 unspecified atom stereocenters. The van der Waals surface area contributed by atoms with Gasteiger partial charge in [-0.2, -0.15) is 0 Å². The standard InChI is InChI=1S/C19H16N4O3/c24-17(12-20-18(25)14-7-2-1-3-8-14)22-23-19(26)16-11-10-13-6-4-5-9-15(13)21-16/h1-11H,12H2,(H,20,25)(H,22,24)(H,23,26). The van der Waals surface area contributed by atoms with Gasteiger partial charge in [0.1, 0.15) is 5.69 Å². The lowest BCUT2D eigenvalue weighted by Gasteiger charge is -2.08. The average molecular weight is 348 g/mol. The summed E-state index contributed by atoms with van der Waals surface area (Å²) in [6.07, 6.45) is 0. The van der Waals surface area contributed by atoms with Gasteiger partial charge in [-0.1, -0.05) is 42.5 Å². The number of benzene rings is 2. The first-order chi connectivity index (χ1) is 12.6. The molecule has 1 aromatic heterocycles. The van der Waals surface area contributed by atoms with E-state index in [0.29, 0.717) is 11.1 Å². The number of hydrogen-bond donors (Lipinski definition) is 3. The SMILES string of the molecule is O=C(CNC(=O)c1ccccc1)NNC(=O)c1ccc2ccccc2n1. The maximum atomic E-state index is 12.1. The molecular formula is C19H16N4O3. The van der Waals surface area contributed by atoms with E-state index in [2.05, 4.69) is 21.2 Å². The lowest BCUT2D eigenvalue weighted by molar-refractivity contribution is -0.120. The van der Waals surface area contributed by atoms with Crippen molar-refractivity contribution >= 4 is 28.6 Å². The molecule has 1 heterocycles. The van der Waals surface area contributed by atoms with Gasteiger partial charge in [-0.3, -0.25) is 25.2 Å². The van der Waals surface area contributed by atoms with Gasteiger partial charge in [-0.25, -0.2) is 4.98 Å². The molecule has 3 N–H and O–H groups in total. The minimum absolute atomic E-state index is 0.178. The zero-order chi connectivity index (χ0) is 18.4. The third-order valence-corrected chi connectivity index (χ3v) is 3.59. The maximum absolute atomic E-state index is 12.1. The number of amides is 3. The molecule has 0 bridgehead atoms. The Morgan fingerprint density at radius 2 is 1.50 bits per heavy atom. The van der Waals surface area contributed by atoms with E-state index >= 15 is 0 Å². The third-order valence-electron chi connectivity index (χ3n) is 3.59. The van der Waals surface area contributed by atoms with Gasteiger partial charge < -0.3 is 5.32 Å². The molecule has 26 heavy (non-hydrogen) atoms. The average Bonchev–Trinajstić information content (AvgIpc) is 2.70. The van der Waals surface area contributed by atoms with Crippen molar-refractivity contribution in [1.29, 1.82) is 0 Å². The summed E-state index contributed by atoms with van der Waals surface area (Å²) in [7, 11) is 0. The van der Waals surface area contributed by atoms with Crippen molar-refractivity contribution in [2.24, 2.45) is 0 Å². The first-order valence-electron chi connectivity index (χ1n) is 7.92. The van der Waals surface area contributed by atoms with Gasteiger partial charge in [-0.15, -0.1) is 0 Å². The zero-order valence-corrected chi connectivity index (χ0v) is 13.7. The Balaban J connectivity index is 1.50. The maximum Gasteiger partial charge on any atom is 0.288 e. The molecule has 7 nitrogen and oxygen atoms in total. The molecular weight excluding hydrogens is 332 g/mol. The molecule has 0 aliphatic heterocycles. The molecule has 130 valence electrons. The number of pyridine rings is 1. The highest BCUT2D eigenvalue weighted by atomic mass is 16.2. The summed E-state index contributed by atoms with van der Waals surface area (Å²) >= 11 is 0. The Morgan fingerprint density at radius 1 is 0.769 bits per heavy atom. The monoisotopic (exact) mass is 348 g/mol. The van der Waals surface area contributed by atoms with E-state index in [-0.39, 0.29) is 18.1 Å². The van der Waals surface area contributed by atoms with E-state index in [0.717, 1.165) is 5.39 Å². The van der Waals surface area contributed by atoms with Gasteiger partial charge >= 0.3 is 0 Å². The Morgan fingerprint density at radius 3 is 2.31 bits per heavy atom. The summed E-state index contributed by atoms with van der Waals surface area (Å²) in [6.45, 7) is -0.265. The van der Waals surface area contributed by atoms with E-state index < -0.39 is 11.8 Å². The summed E-state index contributed by atoms with van der Waals surface area (Å²) in [6, 6.07) is 19.3. The van der Waals surface area contributed by atoms with Crippen molar-refractivity contribution in [2.45, 2.75) is 0 Å². The number of carbonyl (C=O) groups excluding carboxylic acids is 3. The lowest BCUT2D eigenvalue weighted by Crippen LogP contribution is -2.46. The van der Waals surface area contributed by atoms with Crippen LogP contribution in [0.3, 0.4) is 0 Å². The van der Waals surface area contributed by atoms with Crippen LogP contribution in [0.4, 0.5) is 0 Å². The molecule has 2 aromatic carbocycles. The van der Waals surface area contributed by atoms with Crippen molar-refractivity contribution in [1.82, 2.24) is 21.2 Å². The smallest absolute Gasteiger partial charge is 0.288 e. The summed E-state index contributed by atoms with van der Waals surface area (Å²) in [5.74, 6) is -1.47. The number of nitrogens with one attached hydrogen (secondary N) is 3. The molecule has 0 saturated heterocycles. The fraction of sp³-hybridized carbons (Fsp3) is 0.0526. The number of hydrogen-bond acceptors (Lipinski definition) is 4. The molecule has 0 spiro atoms. The Kier molecular flexibility index (Phi) is 5.19. The van der Waals surface area contributed by atoms with Gasteiger partial charge in [-0.05, 0) is 24.3 Å². The fourth-order valence-corrected chi connectivity index (χ4v) is 2.28. The number of carbonyl (C=O) groups is 3. The van der Waals surface area contributed by atoms with E-state index in [1.165, 1.54) is 0 Å². The Labute approximate surface area is 149 Å². The van der Waals surface area contributed by atoms with E-state index in [9.17, 15) is 14.4 Å². The first kappa shape index (κ1) is 17.1. The summed E-state index contributed by atoms with van der Waals surface area (Å²) in [5, 5.41) is 3.38. The van der Waals surface area contributed by atoms with Crippen LogP contribution in [-0.4, -0.2) is 29.3 Å². The molecule has 0 atom stereocenters. The van der Waals surface area contributed by atoms with Crippen LogP contribution in [0.5, 0.6) is 0 Å². The van der Waals surface area contributed by atoms with E-state index in [4.69, 9.17) is 0 Å². The Bertz CT molecular complexity index is 957. The second kappa shape index (κ2) is 7.89. The topological polar surface area (TPSA) is 100 Å². The largest absolute Gasteiger partial charge is 0.343 e. The molecule has 0 aliphatic rings. The predicted octanol–water partition coefficient (Wildman–Crippen LogP) is 1.43. The van der Waals surface area contributed by atoms with Crippen molar-refractivity contribution in [3.63, 3.8) is 0 Å². The fourth-order valence-electron chi connectivity index (χ4n) is 2.28. The zero-order valence-electron chi connectivity index (χ0n) is 13.7. The number of nitrogens with zero attached hydrogens (tertiary/aromatic N) is 1. The summed E-state index contributed by atoms with van der Waals surface area (Å²) in [4.78, 5) is 39.9. The normalized spacial score (nSPS) is 10.2.